The number of nitro benzene ring substituents is 1. The van der Waals surface area contributed by atoms with Crippen LogP contribution < -0.4 is 4.74 Å². The van der Waals surface area contributed by atoms with Crippen LogP contribution >= 0.6 is 0 Å². The molecule has 0 saturated heterocycles. The molecule has 0 aliphatic carbocycles. The van der Waals surface area contributed by atoms with E-state index in [2.05, 4.69) is 15.4 Å². The minimum atomic E-state index is -4.49. The third-order valence-corrected chi connectivity index (χ3v) is 4.20. The summed E-state index contributed by atoms with van der Waals surface area (Å²) in [5.74, 6) is 0.430. The molecule has 1 aliphatic rings. The van der Waals surface area contributed by atoms with E-state index in [1.165, 1.54) is 24.3 Å². The van der Waals surface area contributed by atoms with Gasteiger partial charge in [0.15, 0.2) is 6.79 Å². The van der Waals surface area contributed by atoms with Gasteiger partial charge in [0, 0.05) is 28.8 Å². The lowest BCUT2D eigenvalue weighted by Gasteiger charge is -2.20. The van der Waals surface area contributed by atoms with E-state index in [0.717, 1.165) is 16.9 Å². The smallest absolute Gasteiger partial charge is 0.416 e. The molecular formula is C17H12F3N5O4. The predicted octanol–water partition coefficient (Wildman–Crippen LogP) is 3.18. The third-order valence-electron chi connectivity index (χ3n) is 4.20. The third kappa shape index (κ3) is 3.87. The minimum absolute atomic E-state index is 0.000324. The van der Waals surface area contributed by atoms with Crippen molar-refractivity contribution in [3.05, 3.63) is 63.2 Å². The summed E-state index contributed by atoms with van der Waals surface area (Å²) in [5.41, 5.74) is 0.125. The van der Waals surface area contributed by atoms with Crippen LogP contribution in [0.5, 0.6) is 5.75 Å². The zero-order valence-electron chi connectivity index (χ0n) is 14.6. The highest BCUT2D eigenvalue weighted by Gasteiger charge is 2.30. The number of hydrogen-bond donors (Lipinski definition) is 0. The molecule has 1 aromatic heterocycles. The maximum absolute atomic E-state index is 12.9. The Kier molecular flexibility index (Phi) is 4.62. The molecular weight excluding hydrogens is 395 g/mol. The van der Waals surface area contributed by atoms with Gasteiger partial charge < -0.3 is 9.47 Å². The Morgan fingerprint density at radius 3 is 2.83 bits per heavy atom. The van der Waals surface area contributed by atoms with Gasteiger partial charge in [-0.15, -0.1) is 10.2 Å². The normalized spacial score (nSPS) is 13.6. The van der Waals surface area contributed by atoms with Crippen molar-refractivity contribution in [1.29, 1.82) is 0 Å². The Labute approximate surface area is 160 Å². The van der Waals surface area contributed by atoms with Crippen molar-refractivity contribution in [1.82, 2.24) is 20.2 Å². The summed E-state index contributed by atoms with van der Waals surface area (Å²) in [6, 6.07) is 7.26. The molecule has 0 unspecified atom stereocenters. The van der Waals surface area contributed by atoms with Crippen molar-refractivity contribution in [2.75, 3.05) is 6.79 Å². The second-order valence-electron chi connectivity index (χ2n) is 6.18. The van der Waals surface area contributed by atoms with Crippen LogP contribution in [-0.2, 0) is 24.1 Å². The molecule has 12 heteroatoms. The number of tetrazole rings is 1. The number of nitro groups is 1. The maximum Gasteiger partial charge on any atom is 0.416 e. The first-order valence-corrected chi connectivity index (χ1v) is 8.27. The number of fused-ring (bicyclic) bond motifs is 1. The molecule has 3 aromatic rings. The molecule has 0 radical (unpaired) electrons. The van der Waals surface area contributed by atoms with Crippen LogP contribution in [0.15, 0.2) is 36.4 Å². The van der Waals surface area contributed by atoms with Crippen LogP contribution in [0.25, 0.3) is 11.4 Å². The lowest BCUT2D eigenvalue weighted by molar-refractivity contribution is -0.385. The molecule has 0 atom stereocenters. The van der Waals surface area contributed by atoms with Crippen molar-refractivity contribution in [3.63, 3.8) is 0 Å². The van der Waals surface area contributed by atoms with Crippen LogP contribution in [-0.4, -0.2) is 31.9 Å². The Bertz CT molecular complexity index is 1080. The first-order chi connectivity index (χ1) is 13.8. The molecule has 0 saturated carbocycles. The van der Waals surface area contributed by atoms with E-state index in [4.69, 9.17) is 9.47 Å². The average Bonchev–Trinajstić information content (AvgIpc) is 3.16. The van der Waals surface area contributed by atoms with E-state index in [1.807, 2.05) is 0 Å². The molecule has 0 bridgehead atoms. The van der Waals surface area contributed by atoms with Gasteiger partial charge in [-0.05, 0) is 17.3 Å². The molecule has 2 heterocycles. The molecule has 2 aromatic carbocycles. The summed E-state index contributed by atoms with van der Waals surface area (Å²) in [5, 5.41) is 22.9. The average molecular weight is 407 g/mol. The Morgan fingerprint density at radius 2 is 2.07 bits per heavy atom. The Balaban J connectivity index is 1.65. The molecule has 9 nitrogen and oxygen atoms in total. The first-order valence-electron chi connectivity index (χ1n) is 8.27. The highest BCUT2D eigenvalue weighted by molar-refractivity contribution is 5.55. The van der Waals surface area contributed by atoms with Crippen LogP contribution in [0, 0.1) is 10.1 Å². The monoisotopic (exact) mass is 407 g/mol. The van der Waals surface area contributed by atoms with E-state index < -0.39 is 16.7 Å². The summed E-state index contributed by atoms with van der Waals surface area (Å²) in [6.07, 6.45) is -4.49. The van der Waals surface area contributed by atoms with Gasteiger partial charge in [0.05, 0.1) is 23.6 Å². The quantitative estimate of drug-likeness (QED) is 0.483. The number of alkyl halides is 3. The van der Waals surface area contributed by atoms with Crippen LogP contribution in [0.1, 0.15) is 16.7 Å². The number of rotatable bonds is 4. The SMILES string of the molecule is O=[N+]([O-])c1cc2c(c(Cn3nnc(-c4cccc(C(F)(F)F)c4)n3)c1)OCOC2. The first kappa shape index (κ1) is 18.8. The Hall–Kier alpha value is -3.54. The van der Waals surface area contributed by atoms with Gasteiger partial charge in [0.1, 0.15) is 5.75 Å². The second-order valence-corrected chi connectivity index (χ2v) is 6.18. The summed E-state index contributed by atoms with van der Waals surface area (Å²) in [6.45, 7) is 0.137. The van der Waals surface area contributed by atoms with Crippen molar-refractivity contribution in [2.45, 2.75) is 19.3 Å². The zero-order valence-corrected chi connectivity index (χ0v) is 14.6. The zero-order chi connectivity index (χ0) is 20.6. The van der Waals surface area contributed by atoms with Crippen molar-refractivity contribution in [3.8, 4) is 17.1 Å². The van der Waals surface area contributed by atoms with Crippen molar-refractivity contribution in [2.24, 2.45) is 0 Å². The number of ether oxygens (including phenoxy) is 2. The topological polar surface area (TPSA) is 105 Å². The number of halogens is 3. The summed E-state index contributed by atoms with van der Waals surface area (Å²) in [4.78, 5) is 11.8. The number of non-ortho nitro benzene ring substituents is 1. The molecule has 4 rings (SSSR count). The van der Waals surface area contributed by atoms with Gasteiger partial charge in [-0.3, -0.25) is 10.1 Å². The van der Waals surface area contributed by atoms with Gasteiger partial charge in [-0.25, -0.2) is 0 Å². The molecule has 0 amide bonds. The van der Waals surface area contributed by atoms with Gasteiger partial charge in [0.2, 0.25) is 5.82 Å². The van der Waals surface area contributed by atoms with E-state index in [-0.39, 0.29) is 37.0 Å². The van der Waals surface area contributed by atoms with E-state index in [9.17, 15) is 23.3 Å². The van der Waals surface area contributed by atoms with Gasteiger partial charge >= 0.3 is 6.18 Å². The fourth-order valence-corrected chi connectivity index (χ4v) is 2.92. The number of hydrogen-bond acceptors (Lipinski definition) is 7. The molecule has 1 aliphatic heterocycles. The van der Waals surface area contributed by atoms with Gasteiger partial charge in [-0.1, -0.05) is 12.1 Å². The fourth-order valence-electron chi connectivity index (χ4n) is 2.92. The number of aromatic nitrogens is 4. The van der Waals surface area contributed by atoms with Crippen molar-refractivity contribution < 1.29 is 27.6 Å². The van der Waals surface area contributed by atoms with Crippen LogP contribution in [0.2, 0.25) is 0 Å². The highest BCUT2D eigenvalue weighted by atomic mass is 19.4. The summed E-state index contributed by atoms with van der Waals surface area (Å²) >= 11 is 0. The van der Waals surface area contributed by atoms with E-state index in [1.54, 1.807) is 0 Å². The molecule has 0 N–H and O–H groups in total. The summed E-state index contributed by atoms with van der Waals surface area (Å²) < 4.78 is 49.3. The van der Waals surface area contributed by atoms with Crippen LogP contribution in [0.4, 0.5) is 18.9 Å². The number of benzene rings is 2. The molecule has 0 spiro atoms. The van der Waals surface area contributed by atoms with Crippen LogP contribution in [0.3, 0.4) is 0 Å². The lowest BCUT2D eigenvalue weighted by Crippen LogP contribution is -2.15. The fraction of sp³-hybridized carbons (Fsp3) is 0.235. The molecule has 0 fully saturated rings. The Morgan fingerprint density at radius 1 is 1.24 bits per heavy atom. The summed E-state index contributed by atoms with van der Waals surface area (Å²) in [7, 11) is 0. The van der Waals surface area contributed by atoms with E-state index >= 15 is 0 Å². The minimum Gasteiger partial charge on any atom is -0.467 e. The largest absolute Gasteiger partial charge is 0.467 e. The number of nitrogens with zero attached hydrogens (tertiary/aromatic N) is 5. The second kappa shape index (κ2) is 7.13. The molecule has 150 valence electrons. The predicted molar refractivity (Wildman–Crippen MR) is 90.7 cm³/mol. The highest BCUT2D eigenvalue weighted by Crippen LogP contribution is 2.33. The van der Waals surface area contributed by atoms with E-state index in [0.29, 0.717) is 16.9 Å². The maximum atomic E-state index is 12.9. The van der Waals surface area contributed by atoms with Gasteiger partial charge in [0.25, 0.3) is 5.69 Å². The molecule has 29 heavy (non-hydrogen) atoms. The van der Waals surface area contributed by atoms with Crippen molar-refractivity contribution >= 4 is 5.69 Å². The lowest BCUT2D eigenvalue weighted by atomic mass is 10.1. The standard InChI is InChI=1S/C17H12F3N5O4/c18-17(19,20)13-3-1-2-10(4-13)16-21-23-24(22-16)7-11-5-14(25(26)27)6-12-8-28-9-29-15(11)12/h1-6H,7-9H2. The van der Waals surface area contributed by atoms with Gasteiger partial charge in [-0.2, -0.15) is 18.0 Å².